The fourth-order valence-corrected chi connectivity index (χ4v) is 2.37. The van der Waals surface area contributed by atoms with Gasteiger partial charge in [-0.15, -0.1) is 0 Å². The second kappa shape index (κ2) is 6.87. The highest BCUT2D eigenvalue weighted by Crippen LogP contribution is 2.37. The highest BCUT2D eigenvalue weighted by atomic mass is 15.2. The standard InChI is InChI=1S/C14H29N3/c1-5-15-13(16-6-2)17-11-12-7-9-14(3,4)10-8-12/h12H,5-11H2,1-4H3,(H2,15,16,17). The summed E-state index contributed by atoms with van der Waals surface area (Å²) in [7, 11) is 0. The van der Waals surface area contributed by atoms with Crippen LogP contribution in [0.4, 0.5) is 0 Å². The van der Waals surface area contributed by atoms with Crippen molar-refractivity contribution < 1.29 is 0 Å². The first kappa shape index (κ1) is 14.3. The molecule has 0 unspecified atom stereocenters. The van der Waals surface area contributed by atoms with Crippen LogP contribution in [0.5, 0.6) is 0 Å². The lowest BCUT2D eigenvalue weighted by atomic mass is 9.73. The molecule has 0 aromatic heterocycles. The molecule has 0 aromatic rings. The fraction of sp³-hybridized carbons (Fsp3) is 0.929. The lowest BCUT2D eigenvalue weighted by molar-refractivity contribution is 0.195. The van der Waals surface area contributed by atoms with Gasteiger partial charge in [0.05, 0.1) is 0 Å². The van der Waals surface area contributed by atoms with Gasteiger partial charge in [-0.3, -0.25) is 4.99 Å². The predicted octanol–water partition coefficient (Wildman–Crippen LogP) is 2.78. The van der Waals surface area contributed by atoms with E-state index in [-0.39, 0.29) is 0 Å². The average Bonchev–Trinajstić information content (AvgIpc) is 2.28. The van der Waals surface area contributed by atoms with Crippen LogP contribution in [0.1, 0.15) is 53.4 Å². The summed E-state index contributed by atoms with van der Waals surface area (Å²) in [6.07, 6.45) is 5.37. The number of rotatable bonds is 4. The highest BCUT2D eigenvalue weighted by Gasteiger charge is 2.26. The van der Waals surface area contributed by atoms with E-state index < -0.39 is 0 Å². The van der Waals surface area contributed by atoms with Crippen LogP contribution in [0.2, 0.25) is 0 Å². The Balaban J connectivity index is 2.35. The SMILES string of the molecule is CCNC(=NCC1CCC(C)(C)CC1)NCC. The van der Waals surface area contributed by atoms with Gasteiger partial charge in [-0.1, -0.05) is 13.8 Å². The molecule has 1 fully saturated rings. The van der Waals surface area contributed by atoms with E-state index in [4.69, 9.17) is 0 Å². The first-order valence-electron chi connectivity index (χ1n) is 7.09. The summed E-state index contributed by atoms with van der Waals surface area (Å²) < 4.78 is 0. The second-order valence-electron chi connectivity index (χ2n) is 5.86. The normalized spacial score (nSPS) is 19.8. The molecule has 1 aliphatic rings. The van der Waals surface area contributed by atoms with E-state index in [0.29, 0.717) is 5.41 Å². The lowest BCUT2D eigenvalue weighted by Gasteiger charge is -2.33. The van der Waals surface area contributed by atoms with Crippen LogP contribution in [-0.2, 0) is 0 Å². The van der Waals surface area contributed by atoms with Gasteiger partial charge in [0.15, 0.2) is 5.96 Å². The molecular formula is C14H29N3. The zero-order valence-corrected chi connectivity index (χ0v) is 12.0. The van der Waals surface area contributed by atoms with Crippen molar-refractivity contribution >= 4 is 5.96 Å². The minimum absolute atomic E-state index is 0.562. The molecule has 0 heterocycles. The molecule has 2 N–H and O–H groups in total. The molecule has 0 saturated heterocycles. The van der Waals surface area contributed by atoms with Crippen LogP contribution in [0.25, 0.3) is 0 Å². The summed E-state index contributed by atoms with van der Waals surface area (Å²) in [5.41, 5.74) is 0.562. The molecule has 17 heavy (non-hydrogen) atoms. The number of aliphatic imine (C=N–C) groups is 1. The monoisotopic (exact) mass is 239 g/mol. The molecule has 0 aromatic carbocycles. The van der Waals surface area contributed by atoms with Crippen LogP contribution < -0.4 is 10.6 Å². The van der Waals surface area contributed by atoms with Crippen LogP contribution >= 0.6 is 0 Å². The maximum atomic E-state index is 4.67. The summed E-state index contributed by atoms with van der Waals surface area (Å²) in [6, 6.07) is 0. The van der Waals surface area contributed by atoms with E-state index >= 15 is 0 Å². The zero-order chi connectivity index (χ0) is 12.7. The molecule has 0 spiro atoms. The number of hydrogen-bond acceptors (Lipinski definition) is 1. The third-order valence-electron chi connectivity index (χ3n) is 3.65. The number of hydrogen-bond donors (Lipinski definition) is 2. The van der Waals surface area contributed by atoms with Gasteiger partial charge in [0.25, 0.3) is 0 Å². The largest absolute Gasteiger partial charge is 0.357 e. The van der Waals surface area contributed by atoms with Gasteiger partial charge in [-0.05, 0) is 50.9 Å². The fourth-order valence-electron chi connectivity index (χ4n) is 2.37. The van der Waals surface area contributed by atoms with Gasteiger partial charge in [-0.2, -0.15) is 0 Å². The van der Waals surface area contributed by atoms with Crippen LogP contribution in [-0.4, -0.2) is 25.6 Å². The Morgan fingerprint density at radius 2 is 1.65 bits per heavy atom. The van der Waals surface area contributed by atoms with Gasteiger partial charge >= 0.3 is 0 Å². The van der Waals surface area contributed by atoms with Crippen molar-refractivity contribution in [3.63, 3.8) is 0 Å². The number of nitrogens with one attached hydrogen (secondary N) is 2. The average molecular weight is 239 g/mol. The maximum Gasteiger partial charge on any atom is 0.191 e. The zero-order valence-electron chi connectivity index (χ0n) is 12.0. The van der Waals surface area contributed by atoms with Gasteiger partial charge in [0.2, 0.25) is 0 Å². The Hall–Kier alpha value is -0.730. The molecule has 3 nitrogen and oxygen atoms in total. The first-order chi connectivity index (χ1) is 8.07. The van der Waals surface area contributed by atoms with Gasteiger partial charge < -0.3 is 10.6 Å². The van der Waals surface area contributed by atoms with Crippen molar-refractivity contribution in [3.8, 4) is 0 Å². The minimum Gasteiger partial charge on any atom is -0.357 e. The molecule has 1 saturated carbocycles. The highest BCUT2D eigenvalue weighted by molar-refractivity contribution is 5.79. The van der Waals surface area contributed by atoms with E-state index in [1.54, 1.807) is 0 Å². The summed E-state index contributed by atoms with van der Waals surface area (Å²) in [4.78, 5) is 4.67. The van der Waals surface area contributed by atoms with Crippen molar-refractivity contribution in [2.75, 3.05) is 19.6 Å². The molecule has 0 aliphatic heterocycles. The van der Waals surface area contributed by atoms with Crippen molar-refractivity contribution in [3.05, 3.63) is 0 Å². The molecule has 3 heteroatoms. The third kappa shape index (κ3) is 5.42. The summed E-state index contributed by atoms with van der Waals surface area (Å²) in [5.74, 6) is 1.76. The molecule has 100 valence electrons. The summed E-state index contributed by atoms with van der Waals surface area (Å²) in [5, 5.41) is 6.56. The number of nitrogens with zero attached hydrogens (tertiary/aromatic N) is 1. The summed E-state index contributed by atoms with van der Waals surface area (Å²) >= 11 is 0. The van der Waals surface area contributed by atoms with Gasteiger partial charge in [-0.25, -0.2) is 0 Å². The molecule has 0 radical (unpaired) electrons. The molecule has 0 bridgehead atoms. The van der Waals surface area contributed by atoms with Crippen molar-refractivity contribution in [1.29, 1.82) is 0 Å². The first-order valence-corrected chi connectivity index (χ1v) is 7.09. The molecule has 0 atom stereocenters. The topological polar surface area (TPSA) is 36.4 Å². The molecule has 1 rings (SSSR count). The quantitative estimate of drug-likeness (QED) is 0.584. The van der Waals surface area contributed by atoms with E-state index in [1.165, 1.54) is 25.7 Å². The Bertz CT molecular complexity index is 228. The van der Waals surface area contributed by atoms with Crippen LogP contribution in [0, 0.1) is 11.3 Å². The lowest BCUT2D eigenvalue weighted by Crippen LogP contribution is -2.37. The predicted molar refractivity (Wildman–Crippen MR) is 75.4 cm³/mol. The van der Waals surface area contributed by atoms with Crippen molar-refractivity contribution in [2.24, 2.45) is 16.3 Å². The maximum absolute atomic E-state index is 4.67. The smallest absolute Gasteiger partial charge is 0.191 e. The van der Waals surface area contributed by atoms with Gasteiger partial charge in [0.1, 0.15) is 0 Å². The van der Waals surface area contributed by atoms with E-state index in [0.717, 1.165) is 31.5 Å². The second-order valence-corrected chi connectivity index (χ2v) is 5.86. The van der Waals surface area contributed by atoms with Crippen molar-refractivity contribution in [2.45, 2.75) is 53.4 Å². The van der Waals surface area contributed by atoms with Gasteiger partial charge in [0, 0.05) is 19.6 Å². The molecular weight excluding hydrogens is 210 g/mol. The van der Waals surface area contributed by atoms with E-state index in [2.05, 4.69) is 43.3 Å². The number of guanidine groups is 1. The Morgan fingerprint density at radius 1 is 1.12 bits per heavy atom. The minimum atomic E-state index is 0.562. The Labute approximate surface area is 106 Å². The van der Waals surface area contributed by atoms with E-state index in [9.17, 15) is 0 Å². The Kier molecular flexibility index (Phi) is 5.79. The van der Waals surface area contributed by atoms with Crippen molar-refractivity contribution in [1.82, 2.24) is 10.6 Å². The van der Waals surface area contributed by atoms with Crippen LogP contribution in [0.15, 0.2) is 4.99 Å². The van der Waals surface area contributed by atoms with Crippen LogP contribution in [0.3, 0.4) is 0 Å². The summed E-state index contributed by atoms with van der Waals surface area (Å²) in [6.45, 7) is 11.8. The van der Waals surface area contributed by atoms with E-state index in [1.807, 2.05) is 0 Å². The molecule has 0 amide bonds. The Morgan fingerprint density at radius 3 is 2.12 bits per heavy atom. The third-order valence-corrected chi connectivity index (χ3v) is 3.65. The molecule has 1 aliphatic carbocycles.